The van der Waals surface area contributed by atoms with Crippen LogP contribution >= 0.6 is 0 Å². The molecule has 0 heterocycles. The maximum Gasteiger partial charge on any atom is 1.00 e. The maximum atomic E-state index is 9.00. The molecule has 0 saturated carbocycles. The van der Waals surface area contributed by atoms with Gasteiger partial charge in [0, 0.05) is 66.8 Å². The number of hydrogen-bond acceptors (Lipinski definition) is 10. The first-order valence-corrected chi connectivity index (χ1v) is 8.07. The second kappa shape index (κ2) is 51.4. The van der Waals surface area contributed by atoms with Crippen molar-refractivity contribution in [2.75, 3.05) is 26.2 Å². The molecule has 0 amide bonds. The summed E-state index contributed by atoms with van der Waals surface area (Å²) in [5.74, 6) is -5.25. The fraction of sp³-hybridized carbons (Fsp3) is 0.625. The molecule has 0 unspecified atom stereocenters. The van der Waals surface area contributed by atoms with E-state index in [1.807, 2.05) is 0 Å². The third-order valence-corrected chi connectivity index (χ3v) is 0.642. The summed E-state index contributed by atoms with van der Waals surface area (Å²) in [5, 5.41) is 49.0. The topological polar surface area (TPSA) is 291 Å². The Morgan fingerprint density at radius 3 is 0.750 bits per heavy atom. The van der Waals surface area contributed by atoms with Gasteiger partial charge in [-0.25, -0.2) is 0 Å². The van der Waals surface area contributed by atoms with E-state index in [0.29, 0.717) is 13.1 Å². The minimum Gasteiger partial charge on any atom is -0.550 e. The Labute approximate surface area is 209 Å². The van der Waals surface area contributed by atoms with Gasteiger partial charge in [0.1, 0.15) is 0 Å². The van der Waals surface area contributed by atoms with Gasteiger partial charge in [0.25, 0.3) is 29.8 Å². The summed E-state index contributed by atoms with van der Waals surface area (Å²) < 4.78 is 0. The third kappa shape index (κ3) is 6830. The molecule has 0 saturated heterocycles. The van der Waals surface area contributed by atoms with Gasteiger partial charge in [-0.1, -0.05) is 0 Å². The van der Waals surface area contributed by atoms with Crippen molar-refractivity contribution in [3.8, 4) is 0 Å². The van der Waals surface area contributed by atoms with E-state index in [0.717, 1.165) is 54.6 Å². The van der Waals surface area contributed by atoms with Crippen molar-refractivity contribution in [1.82, 2.24) is 5.32 Å². The van der Waals surface area contributed by atoms with Crippen LogP contribution in [-0.4, -0.2) is 87.5 Å². The molecule has 16 heteroatoms. The zero-order valence-electron chi connectivity index (χ0n) is 19.6. The first-order chi connectivity index (χ1) is 13.8. The summed E-state index contributed by atoms with van der Waals surface area (Å²) in [4.78, 5) is 53.9. The standard InChI is InChI=1S/C4H13N3.6C2H4O2.Na/c5-1-3-7-4-2-6;6*1-2(3)4;/h7H,1-6H2;6*1H3,(H,3,4);/q;;;;;;;+1/p-1. The monoisotopic (exact) mass is 485 g/mol. The fourth-order valence-corrected chi connectivity index (χ4v) is 0.329. The van der Waals surface area contributed by atoms with Crippen molar-refractivity contribution in [2.24, 2.45) is 11.5 Å². The minimum atomic E-state index is -1.08. The SMILES string of the molecule is CC(=O)O.CC(=O)O.CC(=O)O.CC(=O)O.CC(=O)O.CC(=O)[O-].NCCNCCN.[Na+]. The van der Waals surface area contributed by atoms with Gasteiger partial charge < -0.3 is 52.2 Å². The van der Waals surface area contributed by atoms with Crippen LogP contribution in [0.2, 0.25) is 0 Å². The minimum absolute atomic E-state index is 0. The van der Waals surface area contributed by atoms with Crippen molar-refractivity contribution in [3.63, 3.8) is 0 Å². The van der Waals surface area contributed by atoms with E-state index < -0.39 is 35.8 Å². The van der Waals surface area contributed by atoms with Gasteiger partial charge in [0.15, 0.2) is 0 Å². The first kappa shape index (κ1) is 52.0. The zero-order valence-corrected chi connectivity index (χ0v) is 21.6. The normalized spacial score (nSPS) is 6.75. The van der Waals surface area contributed by atoms with E-state index in [1.165, 1.54) is 0 Å². The van der Waals surface area contributed by atoms with E-state index in [4.69, 9.17) is 70.9 Å². The Morgan fingerprint density at radius 1 is 0.594 bits per heavy atom. The number of nitrogens with two attached hydrogens (primary N) is 2. The van der Waals surface area contributed by atoms with Crippen molar-refractivity contribution >= 4 is 35.8 Å². The van der Waals surface area contributed by atoms with Crippen LogP contribution in [0.4, 0.5) is 0 Å². The van der Waals surface area contributed by atoms with E-state index in [-0.39, 0.29) is 29.6 Å². The molecule has 0 aliphatic rings. The molecule has 0 aromatic carbocycles. The molecule has 0 atom stereocenters. The van der Waals surface area contributed by atoms with Crippen molar-refractivity contribution in [2.45, 2.75) is 41.5 Å². The molecule has 32 heavy (non-hydrogen) atoms. The van der Waals surface area contributed by atoms with Crippen LogP contribution in [-0.2, 0) is 28.8 Å². The summed E-state index contributed by atoms with van der Waals surface area (Å²) in [6.07, 6.45) is 0. The predicted molar refractivity (Wildman–Crippen MR) is 108 cm³/mol. The van der Waals surface area contributed by atoms with Crippen LogP contribution < -0.4 is 51.4 Å². The average molecular weight is 485 g/mol. The number of rotatable bonds is 4. The van der Waals surface area contributed by atoms with Gasteiger partial charge in [-0.15, -0.1) is 0 Å². The van der Waals surface area contributed by atoms with Crippen LogP contribution in [0.5, 0.6) is 0 Å². The van der Waals surface area contributed by atoms with E-state index >= 15 is 0 Å². The van der Waals surface area contributed by atoms with Crippen molar-refractivity contribution < 1.29 is 89.0 Å². The van der Waals surface area contributed by atoms with Crippen LogP contribution in [0.25, 0.3) is 0 Å². The van der Waals surface area contributed by atoms with Gasteiger partial charge in [-0.3, -0.25) is 24.0 Å². The number of aliphatic carboxylic acids is 6. The van der Waals surface area contributed by atoms with E-state index in [9.17, 15) is 0 Å². The van der Waals surface area contributed by atoms with E-state index in [2.05, 4.69) is 5.32 Å². The van der Waals surface area contributed by atoms with Crippen molar-refractivity contribution in [3.05, 3.63) is 0 Å². The maximum absolute atomic E-state index is 9.00. The number of carboxylic acid groups (broad SMARTS) is 6. The summed E-state index contributed by atoms with van der Waals surface area (Å²) >= 11 is 0. The Bertz CT molecular complexity index is 342. The summed E-state index contributed by atoms with van der Waals surface area (Å²) in [5.41, 5.74) is 10.3. The summed E-state index contributed by atoms with van der Waals surface area (Å²) in [6, 6.07) is 0. The molecular formula is C16H36N3NaO12. The van der Waals surface area contributed by atoms with Gasteiger partial charge in [0.2, 0.25) is 0 Å². The second-order valence-corrected chi connectivity index (χ2v) is 4.41. The van der Waals surface area contributed by atoms with Gasteiger partial charge in [0.05, 0.1) is 0 Å². The number of hydrogen-bond donors (Lipinski definition) is 8. The Balaban J connectivity index is -0.0000000353. The third-order valence-electron chi connectivity index (χ3n) is 0.642. The fourth-order valence-electron chi connectivity index (χ4n) is 0.329. The van der Waals surface area contributed by atoms with Crippen LogP contribution in [0.1, 0.15) is 41.5 Å². The van der Waals surface area contributed by atoms with Crippen molar-refractivity contribution in [1.29, 1.82) is 0 Å². The second-order valence-electron chi connectivity index (χ2n) is 4.41. The molecule has 0 rings (SSSR count). The molecule has 0 radical (unpaired) electrons. The predicted octanol–water partition coefficient (Wildman–Crippen LogP) is -5.29. The first-order valence-electron chi connectivity index (χ1n) is 8.07. The van der Waals surface area contributed by atoms with Crippen LogP contribution in [0.3, 0.4) is 0 Å². The quantitative estimate of drug-likeness (QED) is 0.136. The van der Waals surface area contributed by atoms with Gasteiger partial charge in [-0.2, -0.15) is 0 Å². The molecule has 0 aromatic rings. The Hall–Kier alpha value is -2.30. The molecule has 0 spiro atoms. The zero-order chi connectivity index (χ0) is 27.0. The molecule has 188 valence electrons. The molecule has 0 fully saturated rings. The molecule has 10 N–H and O–H groups in total. The molecule has 0 aliphatic heterocycles. The van der Waals surface area contributed by atoms with Crippen LogP contribution in [0.15, 0.2) is 0 Å². The Kier molecular flexibility index (Phi) is 83.4. The number of nitrogens with one attached hydrogen (secondary N) is 1. The summed E-state index contributed by atoms with van der Waals surface area (Å²) in [7, 11) is 0. The molecule has 0 bridgehead atoms. The Morgan fingerprint density at radius 2 is 0.688 bits per heavy atom. The molecule has 0 aromatic heterocycles. The molecule has 0 aliphatic carbocycles. The number of carbonyl (C=O) groups is 6. The molecule has 15 nitrogen and oxygen atoms in total. The smallest absolute Gasteiger partial charge is 0.550 e. The van der Waals surface area contributed by atoms with Gasteiger partial charge >= 0.3 is 29.6 Å². The largest absolute Gasteiger partial charge is 1.00 e. The van der Waals surface area contributed by atoms with Gasteiger partial charge in [-0.05, 0) is 6.92 Å². The molecular weight excluding hydrogens is 449 g/mol. The van der Waals surface area contributed by atoms with E-state index in [1.54, 1.807) is 0 Å². The average Bonchev–Trinajstić information content (AvgIpc) is 2.44. The number of carboxylic acids is 6. The number of carbonyl (C=O) groups excluding carboxylic acids is 1. The summed E-state index contributed by atoms with van der Waals surface area (Å²) in [6.45, 7) is 9.52. The van der Waals surface area contributed by atoms with Crippen LogP contribution in [0, 0.1) is 0 Å².